The Labute approximate surface area is 188 Å². The van der Waals surface area contributed by atoms with Crippen LogP contribution < -0.4 is 4.90 Å². The first-order chi connectivity index (χ1) is 14.0. The van der Waals surface area contributed by atoms with Crippen LogP contribution in [-0.2, 0) is 4.79 Å². The van der Waals surface area contributed by atoms with Crippen molar-refractivity contribution in [2.24, 2.45) is 0 Å². The van der Waals surface area contributed by atoms with E-state index in [2.05, 4.69) is 4.90 Å². The van der Waals surface area contributed by atoms with E-state index >= 15 is 0 Å². The standard InChI is InChI=1S/C21H21Cl2N3OS2/c1-14-17(23)6-7-18-20(14)24-21(29-18)26-11-9-25(10-12-26)19(27)8-13-28-16-4-2-15(22)3-5-16/h2-7H,8-13H2,1H3. The molecular weight excluding hydrogens is 445 g/mol. The Morgan fingerprint density at radius 2 is 1.83 bits per heavy atom. The summed E-state index contributed by atoms with van der Waals surface area (Å²) in [5, 5.41) is 2.49. The van der Waals surface area contributed by atoms with Gasteiger partial charge in [-0.15, -0.1) is 11.8 Å². The summed E-state index contributed by atoms with van der Waals surface area (Å²) in [5.41, 5.74) is 2.01. The average Bonchev–Trinajstić information content (AvgIpc) is 3.17. The highest BCUT2D eigenvalue weighted by atomic mass is 35.5. The Morgan fingerprint density at radius 1 is 1.10 bits per heavy atom. The van der Waals surface area contributed by atoms with Crippen molar-refractivity contribution < 1.29 is 4.79 Å². The van der Waals surface area contributed by atoms with Crippen molar-refractivity contribution in [1.82, 2.24) is 9.88 Å². The van der Waals surface area contributed by atoms with Gasteiger partial charge in [0.05, 0.1) is 10.2 Å². The van der Waals surface area contributed by atoms with Gasteiger partial charge in [-0.25, -0.2) is 4.98 Å². The third-order valence-corrected chi connectivity index (χ3v) is 7.79. The third-order valence-electron chi connectivity index (χ3n) is 5.04. The Balaban J connectivity index is 1.29. The number of nitrogens with zero attached hydrogens (tertiary/aromatic N) is 3. The number of thiazole rings is 1. The van der Waals surface area contributed by atoms with E-state index in [4.69, 9.17) is 28.2 Å². The van der Waals surface area contributed by atoms with Gasteiger partial charge in [-0.2, -0.15) is 0 Å². The molecule has 1 aliphatic heterocycles. The van der Waals surface area contributed by atoms with Crippen LogP contribution in [0.3, 0.4) is 0 Å². The van der Waals surface area contributed by atoms with Crippen LogP contribution in [-0.4, -0.2) is 47.7 Å². The van der Waals surface area contributed by atoms with Crippen molar-refractivity contribution in [3.05, 3.63) is 52.0 Å². The summed E-state index contributed by atoms with van der Waals surface area (Å²) in [6, 6.07) is 11.7. The van der Waals surface area contributed by atoms with Crippen molar-refractivity contribution in [2.45, 2.75) is 18.2 Å². The average molecular weight is 466 g/mol. The lowest BCUT2D eigenvalue weighted by atomic mass is 10.2. The number of anilines is 1. The van der Waals surface area contributed by atoms with Gasteiger partial charge in [-0.3, -0.25) is 4.79 Å². The van der Waals surface area contributed by atoms with E-state index in [1.165, 1.54) is 0 Å². The maximum atomic E-state index is 12.6. The van der Waals surface area contributed by atoms with Gasteiger partial charge in [0.25, 0.3) is 0 Å². The quantitative estimate of drug-likeness (QED) is 0.449. The van der Waals surface area contributed by atoms with E-state index < -0.39 is 0 Å². The number of aryl methyl sites for hydroxylation is 1. The van der Waals surface area contributed by atoms with E-state index in [1.54, 1.807) is 23.1 Å². The molecule has 4 nitrogen and oxygen atoms in total. The fraction of sp³-hybridized carbons (Fsp3) is 0.333. The molecule has 0 bridgehead atoms. The lowest BCUT2D eigenvalue weighted by Crippen LogP contribution is -2.48. The Kier molecular flexibility index (Phi) is 6.54. The normalized spacial score (nSPS) is 14.6. The van der Waals surface area contributed by atoms with Gasteiger partial charge < -0.3 is 9.80 Å². The number of benzene rings is 2. The third kappa shape index (κ3) is 4.82. The minimum Gasteiger partial charge on any atom is -0.345 e. The fourth-order valence-corrected chi connectivity index (χ4v) is 5.51. The number of thioether (sulfide) groups is 1. The molecule has 0 N–H and O–H groups in total. The molecule has 1 amide bonds. The molecular formula is C21H21Cl2N3OS2. The molecule has 0 unspecified atom stereocenters. The van der Waals surface area contributed by atoms with Gasteiger partial charge in [0, 0.05) is 53.3 Å². The number of carbonyl (C=O) groups excluding carboxylic acids is 1. The number of aromatic nitrogens is 1. The topological polar surface area (TPSA) is 36.4 Å². The number of hydrogen-bond donors (Lipinski definition) is 0. The van der Waals surface area contributed by atoms with Crippen LogP contribution in [0.15, 0.2) is 41.3 Å². The number of carbonyl (C=O) groups is 1. The first-order valence-corrected chi connectivity index (χ1v) is 12.0. The van der Waals surface area contributed by atoms with E-state index in [9.17, 15) is 4.79 Å². The first-order valence-electron chi connectivity index (χ1n) is 9.48. The molecule has 0 atom stereocenters. The first kappa shape index (κ1) is 20.8. The number of halogens is 2. The fourth-order valence-electron chi connectivity index (χ4n) is 3.32. The smallest absolute Gasteiger partial charge is 0.223 e. The van der Waals surface area contributed by atoms with Crippen LogP contribution in [0.1, 0.15) is 12.0 Å². The van der Waals surface area contributed by atoms with E-state index in [1.807, 2.05) is 48.2 Å². The molecule has 4 rings (SSSR count). The molecule has 8 heteroatoms. The molecule has 0 saturated carbocycles. The predicted octanol–water partition coefficient (Wildman–Crippen LogP) is 5.74. The molecule has 1 fully saturated rings. The monoisotopic (exact) mass is 465 g/mol. The predicted molar refractivity (Wildman–Crippen MR) is 125 cm³/mol. The van der Waals surface area contributed by atoms with Crippen LogP contribution >= 0.6 is 46.3 Å². The molecule has 1 saturated heterocycles. The largest absolute Gasteiger partial charge is 0.345 e. The summed E-state index contributed by atoms with van der Waals surface area (Å²) in [6.07, 6.45) is 0.548. The molecule has 3 aromatic rings. The Bertz CT molecular complexity index is 1010. The van der Waals surface area contributed by atoms with Gasteiger partial charge in [-0.05, 0) is 48.9 Å². The second-order valence-corrected chi connectivity index (χ2v) is 9.96. The highest BCUT2D eigenvalue weighted by Crippen LogP contribution is 2.33. The molecule has 2 aromatic carbocycles. The zero-order valence-corrected chi connectivity index (χ0v) is 19.2. The van der Waals surface area contributed by atoms with Crippen molar-refractivity contribution in [1.29, 1.82) is 0 Å². The zero-order chi connectivity index (χ0) is 20.4. The van der Waals surface area contributed by atoms with Crippen molar-refractivity contribution >= 4 is 67.6 Å². The van der Waals surface area contributed by atoms with Gasteiger partial charge in [0.15, 0.2) is 5.13 Å². The van der Waals surface area contributed by atoms with Crippen LogP contribution in [0.4, 0.5) is 5.13 Å². The van der Waals surface area contributed by atoms with Gasteiger partial charge in [0.2, 0.25) is 5.91 Å². The number of fused-ring (bicyclic) bond motifs is 1. The number of amides is 1. The van der Waals surface area contributed by atoms with Gasteiger partial charge in [-0.1, -0.05) is 34.5 Å². The van der Waals surface area contributed by atoms with E-state index in [-0.39, 0.29) is 5.91 Å². The van der Waals surface area contributed by atoms with Gasteiger partial charge >= 0.3 is 0 Å². The van der Waals surface area contributed by atoms with Crippen molar-refractivity contribution in [3.8, 4) is 0 Å². The highest BCUT2D eigenvalue weighted by molar-refractivity contribution is 7.99. The number of hydrogen-bond acceptors (Lipinski definition) is 5. The highest BCUT2D eigenvalue weighted by Gasteiger charge is 2.23. The van der Waals surface area contributed by atoms with Crippen LogP contribution in [0.25, 0.3) is 10.2 Å². The molecule has 0 radical (unpaired) electrons. The molecule has 152 valence electrons. The van der Waals surface area contributed by atoms with Gasteiger partial charge in [0.1, 0.15) is 0 Å². The summed E-state index contributed by atoms with van der Waals surface area (Å²) in [4.78, 5) is 22.7. The maximum absolute atomic E-state index is 12.6. The SMILES string of the molecule is Cc1c(Cl)ccc2sc(N3CCN(C(=O)CCSc4ccc(Cl)cc4)CC3)nc12. The minimum absolute atomic E-state index is 0.220. The van der Waals surface area contributed by atoms with Crippen LogP contribution in [0.5, 0.6) is 0 Å². The summed E-state index contributed by atoms with van der Waals surface area (Å²) in [5.74, 6) is 0.997. The number of rotatable bonds is 5. The lowest BCUT2D eigenvalue weighted by Gasteiger charge is -2.34. The van der Waals surface area contributed by atoms with Crippen molar-refractivity contribution in [3.63, 3.8) is 0 Å². The summed E-state index contributed by atoms with van der Waals surface area (Å²) >= 11 is 15.5. The van der Waals surface area contributed by atoms with Crippen molar-refractivity contribution in [2.75, 3.05) is 36.8 Å². The second kappa shape index (κ2) is 9.13. The zero-order valence-electron chi connectivity index (χ0n) is 16.0. The molecule has 0 spiro atoms. The van der Waals surface area contributed by atoms with Crippen LogP contribution in [0, 0.1) is 6.92 Å². The number of piperazine rings is 1. The Hall–Kier alpha value is -1.47. The molecule has 2 heterocycles. The summed E-state index contributed by atoms with van der Waals surface area (Å²) < 4.78 is 1.15. The minimum atomic E-state index is 0.220. The Morgan fingerprint density at radius 3 is 2.55 bits per heavy atom. The second-order valence-electron chi connectivity index (χ2n) is 6.94. The molecule has 1 aromatic heterocycles. The summed E-state index contributed by atoms with van der Waals surface area (Å²) in [7, 11) is 0. The summed E-state index contributed by atoms with van der Waals surface area (Å²) in [6.45, 7) is 5.10. The molecule has 0 aliphatic carbocycles. The maximum Gasteiger partial charge on any atom is 0.223 e. The molecule has 29 heavy (non-hydrogen) atoms. The molecule has 1 aliphatic rings. The lowest BCUT2D eigenvalue weighted by molar-refractivity contribution is -0.131. The van der Waals surface area contributed by atoms with E-state index in [0.717, 1.165) is 67.8 Å². The van der Waals surface area contributed by atoms with Crippen LogP contribution in [0.2, 0.25) is 10.0 Å². The van der Waals surface area contributed by atoms with E-state index in [0.29, 0.717) is 6.42 Å².